The number of thioether (sulfide) groups is 1. The number of carbonyl (C=O) groups excluding carboxylic acids is 2. The average molecular weight is 377 g/mol. The zero-order valence-corrected chi connectivity index (χ0v) is 16.6. The largest absolute Gasteiger partial charge is 0.445 e. The summed E-state index contributed by atoms with van der Waals surface area (Å²) in [6.45, 7) is 6.70. The van der Waals surface area contributed by atoms with Gasteiger partial charge in [0.25, 0.3) is 0 Å². The van der Waals surface area contributed by atoms with Gasteiger partial charge in [0.1, 0.15) is 12.6 Å². The second-order valence-corrected chi connectivity index (χ2v) is 9.42. The minimum Gasteiger partial charge on any atom is -0.445 e. The van der Waals surface area contributed by atoms with Gasteiger partial charge < -0.3 is 10.1 Å². The second kappa shape index (κ2) is 7.91. The first-order valence-electron chi connectivity index (χ1n) is 9.26. The van der Waals surface area contributed by atoms with Gasteiger partial charge in [-0.05, 0) is 44.9 Å². The Labute approximate surface area is 159 Å². The predicted octanol–water partition coefficient (Wildman–Crippen LogP) is 3.43. The highest BCUT2D eigenvalue weighted by molar-refractivity contribution is 8.00. The molecular formula is C20H28N2O3S. The Balaban J connectivity index is 1.72. The predicted molar refractivity (Wildman–Crippen MR) is 104 cm³/mol. The fourth-order valence-corrected chi connectivity index (χ4v) is 5.26. The van der Waals surface area contributed by atoms with Gasteiger partial charge in [-0.25, -0.2) is 4.79 Å². The summed E-state index contributed by atoms with van der Waals surface area (Å²) in [5.74, 6) is 1.20. The third-order valence-electron chi connectivity index (χ3n) is 4.86. The van der Waals surface area contributed by atoms with Crippen LogP contribution in [0.15, 0.2) is 30.3 Å². The van der Waals surface area contributed by atoms with Crippen molar-refractivity contribution in [3.05, 3.63) is 35.9 Å². The Morgan fingerprint density at radius 1 is 1.23 bits per heavy atom. The topological polar surface area (TPSA) is 58.6 Å². The van der Waals surface area contributed by atoms with Crippen LogP contribution in [0.25, 0.3) is 0 Å². The van der Waals surface area contributed by atoms with E-state index in [9.17, 15) is 9.59 Å². The molecule has 2 amide bonds. The highest BCUT2D eigenvalue weighted by Crippen LogP contribution is 2.41. The maximum Gasteiger partial charge on any atom is 0.410 e. The highest BCUT2D eigenvalue weighted by atomic mass is 32.2. The van der Waals surface area contributed by atoms with E-state index in [1.807, 2.05) is 62.9 Å². The molecule has 3 rings (SSSR count). The van der Waals surface area contributed by atoms with Crippen molar-refractivity contribution < 1.29 is 14.3 Å². The van der Waals surface area contributed by atoms with Crippen LogP contribution in [0, 0.1) is 5.92 Å². The van der Waals surface area contributed by atoms with Crippen LogP contribution in [0.1, 0.15) is 39.2 Å². The van der Waals surface area contributed by atoms with Gasteiger partial charge in [-0.2, -0.15) is 11.8 Å². The first-order chi connectivity index (χ1) is 12.3. The number of hydrogen-bond donors (Lipinski definition) is 1. The molecule has 0 aliphatic carbocycles. The van der Waals surface area contributed by atoms with Crippen LogP contribution in [0.4, 0.5) is 4.79 Å². The van der Waals surface area contributed by atoms with E-state index < -0.39 is 12.1 Å². The fraction of sp³-hybridized carbons (Fsp3) is 0.600. The molecule has 1 N–H and O–H groups in total. The summed E-state index contributed by atoms with van der Waals surface area (Å²) in [6, 6.07) is 9.19. The Kier molecular flexibility index (Phi) is 5.80. The number of ether oxygens (including phenoxy) is 1. The molecule has 3 atom stereocenters. The number of hydrogen-bond acceptors (Lipinski definition) is 4. The number of nitrogens with one attached hydrogen (secondary N) is 1. The molecule has 2 heterocycles. The summed E-state index contributed by atoms with van der Waals surface area (Å²) >= 11 is 1.93. The van der Waals surface area contributed by atoms with E-state index in [0.29, 0.717) is 11.8 Å². The van der Waals surface area contributed by atoms with Crippen molar-refractivity contribution in [2.45, 2.75) is 57.1 Å². The molecule has 6 heteroatoms. The fourth-order valence-electron chi connectivity index (χ4n) is 3.75. The lowest BCUT2D eigenvalue weighted by atomic mass is 9.86. The maximum atomic E-state index is 13.0. The van der Waals surface area contributed by atoms with Crippen LogP contribution in [-0.2, 0) is 16.1 Å². The molecule has 0 bridgehead atoms. The van der Waals surface area contributed by atoms with Gasteiger partial charge in [0.2, 0.25) is 5.91 Å². The van der Waals surface area contributed by atoms with Gasteiger partial charge in [-0.15, -0.1) is 0 Å². The molecule has 2 aliphatic heterocycles. The van der Waals surface area contributed by atoms with E-state index in [1.165, 1.54) is 0 Å². The van der Waals surface area contributed by atoms with Crippen molar-refractivity contribution in [1.82, 2.24) is 10.2 Å². The maximum absolute atomic E-state index is 13.0. The Hall–Kier alpha value is -1.69. The van der Waals surface area contributed by atoms with Gasteiger partial charge in [-0.1, -0.05) is 30.3 Å². The lowest BCUT2D eigenvalue weighted by molar-refractivity contribution is -0.130. The molecule has 2 saturated heterocycles. The van der Waals surface area contributed by atoms with Crippen LogP contribution >= 0.6 is 11.8 Å². The van der Waals surface area contributed by atoms with Crippen LogP contribution in [-0.4, -0.2) is 46.0 Å². The quantitative estimate of drug-likeness (QED) is 0.878. The zero-order chi connectivity index (χ0) is 18.7. The third-order valence-corrected chi connectivity index (χ3v) is 6.35. The summed E-state index contributed by atoms with van der Waals surface area (Å²) in [5, 5.41) is 3.52. The Morgan fingerprint density at radius 2 is 1.96 bits per heavy atom. The number of rotatable bonds is 3. The molecule has 0 saturated carbocycles. The summed E-state index contributed by atoms with van der Waals surface area (Å²) < 4.78 is 5.53. The summed E-state index contributed by atoms with van der Waals surface area (Å²) in [6.07, 6.45) is 1.51. The molecule has 1 unspecified atom stereocenters. The normalized spacial score (nSPS) is 25.5. The number of amides is 2. The second-order valence-electron chi connectivity index (χ2n) is 8.07. The van der Waals surface area contributed by atoms with E-state index in [1.54, 1.807) is 4.90 Å². The van der Waals surface area contributed by atoms with E-state index in [4.69, 9.17) is 4.74 Å². The van der Waals surface area contributed by atoms with E-state index >= 15 is 0 Å². The molecule has 0 aromatic heterocycles. The zero-order valence-electron chi connectivity index (χ0n) is 15.7. The molecule has 142 valence electrons. The molecule has 5 nitrogen and oxygen atoms in total. The highest BCUT2D eigenvalue weighted by Gasteiger charge is 2.47. The van der Waals surface area contributed by atoms with Crippen molar-refractivity contribution in [2.75, 3.05) is 12.3 Å². The van der Waals surface area contributed by atoms with E-state index in [2.05, 4.69) is 5.32 Å². The number of piperidine rings is 1. The standard InChI is InChI=1S/C20H28N2O3S/c1-20(2,3)21-18(23)17-15-10-12-26-16(15)9-11-22(17)19(24)25-13-14-7-5-4-6-8-14/h4-8,15-17H,9-13H2,1-3H3,(H,21,23)/t15-,16-,17?/m0/s1. The van der Waals surface area contributed by atoms with Crippen molar-refractivity contribution >= 4 is 23.8 Å². The summed E-state index contributed by atoms with van der Waals surface area (Å²) in [7, 11) is 0. The molecule has 2 fully saturated rings. The number of fused-ring (bicyclic) bond motifs is 1. The smallest absolute Gasteiger partial charge is 0.410 e. The minimum atomic E-state index is -0.439. The number of carbonyl (C=O) groups is 2. The molecule has 0 spiro atoms. The van der Waals surface area contributed by atoms with Gasteiger partial charge in [-0.3, -0.25) is 9.69 Å². The van der Waals surface area contributed by atoms with Gasteiger partial charge >= 0.3 is 6.09 Å². The number of nitrogens with zero attached hydrogens (tertiary/aromatic N) is 1. The molecule has 1 aromatic carbocycles. The first-order valence-corrected chi connectivity index (χ1v) is 10.3. The molecule has 2 aliphatic rings. The number of benzene rings is 1. The summed E-state index contributed by atoms with van der Waals surface area (Å²) in [5.41, 5.74) is 0.623. The lowest BCUT2D eigenvalue weighted by Crippen LogP contribution is -2.60. The van der Waals surface area contributed by atoms with E-state index in [-0.39, 0.29) is 24.0 Å². The minimum absolute atomic E-state index is 0.0636. The van der Waals surface area contributed by atoms with Crippen LogP contribution in [0.2, 0.25) is 0 Å². The van der Waals surface area contributed by atoms with Crippen LogP contribution in [0.5, 0.6) is 0 Å². The SMILES string of the molecule is CC(C)(C)NC(=O)C1[C@H]2CCS[C@H]2CCN1C(=O)OCc1ccccc1. The molecule has 26 heavy (non-hydrogen) atoms. The van der Waals surface area contributed by atoms with Crippen molar-refractivity contribution in [3.63, 3.8) is 0 Å². The number of likely N-dealkylation sites (tertiary alicyclic amines) is 1. The Morgan fingerprint density at radius 3 is 2.65 bits per heavy atom. The van der Waals surface area contributed by atoms with Crippen molar-refractivity contribution in [2.24, 2.45) is 5.92 Å². The molecule has 0 radical (unpaired) electrons. The van der Waals surface area contributed by atoms with Gasteiger partial charge in [0.05, 0.1) is 0 Å². The van der Waals surface area contributed by atoms with E-state index in [0.717, 1.165) is 24.2 Å². The Bertz CT molecular complexity index is 644. The van der Waals surface area contributed by atoms with Crippen molar-refractivity contribution in [3.8, 4) is 0 Å². The molecule has 1 aromatic rings. The third kappa shape index (κ3) is 4.53. The first kappa shape index (κ1) is 19.1. The molecular weight excluding hydrogens is 348 g/mol. The van der Waals surface area contributed by atoms with Crippen LogP contribution < -0.4 is 5.32 Å². The summed E-state index contributed by atoms with van der Waals surface area (Å²) in [4.78, 5) is 27.4. The average Bonchev–Trinajstić information content (AvgIpc) is 3.06. The van der Waals surface area contributed by atoms with Gasteiger partial charge in [0, 0.05) is 23.3 Å². The van der Waals surface area contributed by atoms with Crippen molar-refractivity contribution in [1.29, 1.82) is 0 Å². The van der Waals surface area contributed by atoms with Gasteiger partial charge in [0.15, 0.2) is 0 Å². The van der Waals surface area contributed by atoms with Crippen LogP contribution in [0.3, 0.4) is 0 Å². The monoisotopic (exact) mass is 376 g/mol. The lowest BCUT2D eigenvalue weighted by Gasteiger charge is -2.41.